The van der Waals surface area contributed by atoms with Crippen LogP contribution in [0.15, 0.2) is 54.6 Å². The largest absolute Gasteiger partial charge is 0.492 e. The van der Waals surface area contributed by atoms with Crippen molar-refractivity contribution in [2.45, 2.75) is 6.42 Å². The van der Waals surface area contributed by atoms with Crippen LogP contribution in [0.3, 0.4) is 0 Å². The van der Waals surface area contributed by atoms with E-state index in [9.17, 15) is 4.79 Å². The van der Waals surface area contributed by atoms with Crippen molar-refractivity contribution in [2.24, 2.45) is 0 Å². The van der Waals surface area contributed by atoms with E-state index in [-0.39, 0.29) is 5.91 Å². The van der Waals surface area contributed by atoms with Gasteiger partial charge in [-0.25, -0.2) is 9.97 Å². The number of anilines is 1. The zero-order valence-electron chi connectivity index (χ0n) is 16.1. The SMILES string of the molecule is CN(CCOc1cccc(Cl)c1)c1nc(-c2ccccc2)nc2c1CCNC2=O. The van der Waals surface area contributed by atoms with Crippen LogP contribution >= 0.6 is 11.6 Å². The lowest BCUT2D eigenvalue weighted by atomic mass is 10.1. The maximum absolute atomic E-state index is 12.4. The third-order valence-corrected chi connectivity index (χ3v) is 4.98. The summed E-state index contributed by atoms with van der Waals surface area (Å²) >= 11 is 6.01. The van der Waals surface area contributed by atoms with Gasteiger partial charge in [-0.05, 0) is 24.6 Å². The Morgan fingerprint density at radius 1 is 1.14 bits per heavy atom. The Hall–Kier alpha value is -3.12. The monoisotopic (exact) mass is 408 g/mol. The van der Waals surface area contributed by atoms with E-state index in [0.29, 0.717) is 42.7 Å². The maximum atomic E-state index is 12.4. The van der Waals surface area contributed by atoms with Crippen LogP contribution in [0.4, 0.5) is 5.82 Å². The quantitative estimate of drug-likeness (QED) is 0.675. The van der Waals surface area contributed by atoms with Gasteiger partial charge in [0.1, 0.15) is 23.9 Å². The molecule has 148 valence electrons. The molecule has 1 aliphatic rings. The molecule has 6 nitrogen and oxygen atoms in total. The first kappa shape index (κ1) is 19.2. The minimum absolute atomic E-state index is 0.157. The first-order valence-corrected chi connectivity index (χ1v) is 9.83. The molecule has 0 unspecified atom stereocenters. The van der Waals surface area contributed by atoms with Gasteiger partial charge in [0.25, 0.3) is 5.91 Å². The molecule has 2 heterocycles. The van der Waals surface area contributed by atoms with E-state index in [0.717, 1.165) is 22.7 Å². The third kappa shape index (κ3) is 4.32. The number of halogens is 1. The molecule has 0 fully saturated rings. The fourth-order valence-corrected chi connectivity index (χ4v) is 3.45. The van der Waals surface area contributed by atoms with Gasteiger partial charge in [0, 0.05) is 29.7 Å². The smallest absolute Gasteiger partial charge is 0.270 e. The van der Waals surface area contributed by atoms with Crippen molar-refractivity contribution in [1.82, 2.24) is 15.3 Å². The molecule has 0 atom stereocenters. The van der Waals surface area contributed by atoms with Gasteiger partial charge >= 0.3 is 0 Å². The van der Waals surface area contributed by atoms with Crippen molar-refractivity contribution >= 4 is 23.3 Å². The van der Waals surface area contributed by atoms with Crippen LogP contribution in [-0.4, -0.2) is 42.6 Å². The van der Waals surface area contributed by atoms with Gasteiger partial charge in [0.2, 0.25) is 0 Å². The second-order valence-electron chi connectivity index (χ2n) is 6.80. The van der Waals surface area contributed by atoms with E-state index in [1.165, 1.54) is 0 Å². The molecular formula is C22H21ClN4O2. The maximum Gasteiger partial charge on any atom is 0.270 e. The van der Waals surface area contributed by atoms with Gasteiger partial charge in [0.15, 0.2) is 5.82 Å². The average Bonchev–Trinajstić information content (AvgIpc) is 2.74. The van der Waals surface area contributed by atoms with Crippen molar-refractivity contribution in [3.8, 4) is 17.1 Å². The molecule has 1 amide bonds. The molecule has 1 aliphatic heterocycles. The average molecular weight is 409 g/mol. The van der Waals surface area contributed by atoms with Gasteiger partial charge in [-0.1, -0.05) is 48.0 Å². The van der Waals surface area contributed by atoms with Crippen LogP contribution in [-0.2, 0) is 6.42 Å². The summed E-state index contributed by atoms with van der Waals surface area (Å²) in [6, 6.07) is 17.0. The van der Waals surface area contributed by atoms with Crippen molar-refractivity contribution in [2.75, 3.05) is 31.6 Å². The van der Waals surface area contributed by atoms with Gasteiger partial charge < -0.3 is 15.0 Å². The van der Waals surface area contributed by atoms with Crippen LogP contribution in [0.5, 0.6) is 5.75 Å². The third-order valence-electron chi connectivity index (χ3n) is 4.75. The highest BCUT2D eigenvalue weighted by Gasteiger charge is 2.25. The Bertz CT molecular complexity index is 1030. The predicted octanol–water partition coefficient (Wildman–Crippen LogP) is 3.60. The number of carbonyl (C=O) groups is 1. The zero-order valence-corrected chi connectivity index (χ0v) is 16.8. The second-order valence-corrected chi connectivity index (χ2v) is 7.23. The Morgan fingerprint density at radius 2 is 1.97 bits per heavy atom. The van der Waals surface area contributed by atoms with Crippen LogP contribution < -0.4 is 15.0 Å². The zero-order chi connectivity index (χ0) is 20.2. The number of benzene rings is 2. The molecule has 0 aliphatic carbocycles. The second kappa shape index (κ2) is 8.49. The summed E-state index contributed by atoms with van der Waals surface area (Å²) < 4.78 is 5.81. The minimum atomic E-state index is -0.157. The van der Waals surface area contributed by atoms with E-state index in [1.54, 1.807) is 6.07 Å². The van der Waals surface area contributed by atoms with Crippen molar-refractivity contribution in [3.05, 3.63) is 70.9 Å². The summed E-state index contributed by atoms with van der Waals surface area (Å²) in [5.41, 5.74) is 2.19. The number of amides is 1. The first-order valence-electron chi connectivity index (χ1n) is 9.46. The number of likely N-dealkylation sites (N-methyl/N-ethyl adjacent to an activating group) is 1. The van der Waals surface area contributed by atoms with Gasteiger partial charge in [-0.15, -0.1) is 0 Å². The van der Waals surface area contributed by atoms with Crippen molar-refractivity contribution in [1.29, 1.82) is 0 Å². The molecule has 0 spiro atoms. The number of fused-ring (bicyclic) bond motifs is 1. The van der Waals surface area contributed by atoms with E-state index in [4.69, 9.17) is 21.3 Å². The summed E-state index contributed by atoms with van der Waals surface area (Å²) in [6.07, 6.45) is 0.699. The molecule has 0 saturated carbocycles. The molecule has 0 saturated heterocycles. The molecule has 0 radical (unpaired) electrons. The van der Waals surface area contributed by atoms with Crippen molar-refractivity contribution < 1.29 is 9.53 Å². The van der Waals surface area contributed by atoms with Crippen LogP contribution in [0.1, 0.15) is 16.1 Å². The topological polar surface area (TPSA) is 67.3 Å². The first-order chi connectivity index (χ1) is 14.1. The van der Waals surface area contributed by atoms with E-state index in [2.05, 4.69) is 10.3 Å². The highest BCUT2D eigenvalue weighted by molar-refractivity contribution is 6.30. The van der Waals surface area contributed by atoms with Crippen molar-refractivity contribution in [3.63, 3.8) is 0 Å². The van der Waals surface area contributed by atoms with E-state index < -0.39 is 0 Å². The predicted molar refractivity (Wildman–Crippen MR) is 114 cm³/mol. The summed E-state index contributed by atoms with van der Waals surface area (Å²) in [5, 5.41) is 3.51. The number of nitrogens with zero attached hydrogens (tertiary/aromatic N) is 3. The lowest BCUT2D eigenvalue weighted by Crippen LogP contribution is -2.36. The fraction of sp³-hybridized carbons (Fsp3) is 0.227. The molecule has 2 aromatic carbocycles. The molecule has 4 rings (SSSR count). The van der Waals surface area contributed by atoms with Crippen LogP contribution in [0.2, 0.25) is 5.02 Å². The molecular weight excluding hydrogens is 388 g/mol. The van der Waals surface area contributed by atoms with Crippen LogP contribution in [0.25, 0.3) is 11.4 Å². The Balaban J connectivity index is 1.59. The summed E-state index contributed by atoms with van der Waals surface area (Å²) in [7, 11) is 1.95. The van der Waals surface area contributed by atoms with E-state index in [1.807, 2.05) is 60.5 Å². The standard InChI is InChI=1S/C22H21ClN4O2/c1-27(12-13-29-17-9-5-8-16(23)14-17)21-18-10-11-24-22(28)19(18)25-20(26-21)15-6-3-2-4-7-15/h2-9,14H,10-13H2,1H3,(H,24,28). The number of aromatic nitrogens is 2. The lowest BCUT2D eigenvalue weighted by molar-refractivity contribution is 0.0940. The molecule has 1 N–H and O–H groups in total. The highest BCUT2D eigenvalue weighted by atomic mass is 35.5. The number of rotatable bonds is 6. The molecule has 3 aromatic rings. The Labute approximate surface area is 174 Å². The Morgan fingerprint density at radius 3 is 2.76 bits per heavy atom. The lowest BCUT2D eigenvalue weighted by Gasteiger charge is -2.25. The minimum Gasteiger partial charge on any atom is -0.492 e. The normalized spacial score (nSPS) is 12.8. The molecule has 0 bridgehead atoms. The van der Waals surface area contributed by atoms with Gasteiger partial charge in [-0.3, -0.25) is 4.79 Å². The summed E-state index contributed by atoms with van der Waals surface area (Å²) in [4.78, 5) is 23.8. The van der Waals surface area contributed by atoms with Gasteiger partial charge in [-0.2, -0.15) is 0 Å². The number of hydrogen-bond acceptors (Lipinski definition) is 5. The molecule has 1 aromatic heterocycles. The van der Waals surface area contributed by atoms with E-state index >= 15 is 0 Å². The summed E-state index contributed by atoms with van der Waals surface area (Å²) in [6.45, 7) is 1.65. The van der Waals surface area contributed by atoms with Gasteiger partial charge in [0.05, 0.1) is 6.54 Å². The number of nitrogens with one attached hydrogen (secondary N) is 1. The number of carbonyl (C=O) groups excluding carboxylic acids is 1. The Kier molecular flexibility index (Phi) is 5.62. The number of ether oxygens (including phenoxy) is 1. The number of hydrogen-bond donors (Lipinski definition) is 1. The molecule has 7 heteroatoms. The fourth-order valence-electron chi connectivity index (χ4n) is 3.27. The highest BCUT2D eigenvalue weighted by Crippen LogP contribution is 2.27. The van der Waals surface area contributed by atoms with Crippen LogP contribution in [0, 0.1) is 0 Å². The summed E-state index contributed by atoms with van der Waals surface area (Å²) in [5.74, 6) is 1.87. The molecule has 29 heavy (non-hydrogen) atoms.